The molecule has 0 saturated carbocycles. The van der Waals surface area contributed by atoms with Gasteiger partial charge in [0.1, 0.15) is 19.2 Å². The van der Waals surface area contributed by atoms with Crippen molar-refractivity contribution in [1.29, 1.82) is 0 Å². The van der Waals surface area contributed by atoms with Crippen LogP contribution in [0.25, 0.3) is 0 Å². The maximum atomic E-state index is 11.7. The standard InChI is InChI=1S/C10H16N2O6/c1-17-2-3-18-6-9(14)12-5-8(13)11-4-7(12)10(15)16/h7H,2-6H2,1H3,(H,11,13)(H,15,16). The SMILES string of the molecule is COCCOCC(=O)N1CC(=O)NCC1C(=O)O. The van der Waals surface area contributed by atoms with E-state index in [0.29, 0.717) is 6.61 Å². The number of methoxy groups -OCH3 is 1. The summed E-state index contributed by atoms with van der Waals surface area (Å²) in [5.41, 5.74) is 0. The van der Waals surface area contributed by atoms with Gasteiger partial charge in [0, 0.05) is 13.7 Å². The number of nitrogens with one attached hydrogen (secondary N) is 1. The molecule has 1 unspecified atom stereocenters. The zero-order valence-corrected chi connectivity index (χ0v) is 10.0. The summed E-state index contributed by atoms with van der Waals surface area (Å²) in [6, 6.07) is -1.04. The summed E-state index contributed by atoms with van der Waals surface area (Å²) < 4.78 is 9.75. The Kier molecular flexibility index (Phi) is 5.53. The lowest BCUT2D eigenvalue weighted by Gasteiger charge is -2.32. The average molecular weight is 260 g/mol. The molecule has 8 nitrogen and oxygen atoms in total. The van der Waals surface area contributed by atoms with E-state index < -0.39 is 17.9 Å². The molecule has 0 aromatic rings. The van der Waals surface area contributed by atoms with Crippen molar-refractivity contribution >= 4 is 17.8 Å². The van der Waals surface area contributed by atoms with Crippen LogP contribution in [-0.2, 0) is 23.9 Å². The van der Waals surface area contributed by atoms with E-state index in [1.165, 1.54) is 7.11 Å². The van der Waals surface area contributed by atoms with Crippen molar-refractivity contribution in [2.45, 2.75) is 6.04 Å². The molecule has 0 aliphatic carbocycles. The molecule has 0 aromatic carbocycles. The van der Waals surface area contributed by atoms with Crippen molar-refractivity contribution in [3.05, 3.63) is 0 Å². The largest absolute Gasteiger partial charge is 0.480 e. The van der Waals surface area contributed by atoms with Gasteiger partial charge in [0.15, 0.2) is 0 Å². The van der Waals surface area contributed by atoms with Crippen LogP contribution in [0, 0.1) is 0 Å². The van der Waals surface area contributed by atoms with E-state index in [1.807, 2.05) is 0 Å². The second-order valence-electron chi connectivity index (χ2n) is 3.73. The maximum Gasteiger partial charge on any atom is 0.328 e. The van der Waals surface area contributed by atoms with E-state index in [9.17, 15) is 14.4 Å². The third-order valence-corrected chi connectivity index (χ3v) is 2.45. The van der Waals surface area contributed by atoms with Gasteiger partial charge in [0.05, 0.1) is 13.2 Å². The summed E-state index contributed by atoms with van der Waals surface area (Å²) in [5.74, 6) is -2.05. The summed E-state index contributed by atoms with van der Waals surface area (Å²) in [4.78, 5) is 34.9. The number of piperazine rings is 1. The zero-order valence-electron chi connectivity index (χ0n) is 10.0. The van der Waals surface area contributed by atoms with Gasteiger partial charge in [0.2, 0.25) is 11.8 Å². The lowest BCUT2D eigenvalue weighted by atomic mass is 10.2. The summed E-state index contributed by atoms with van der Waals surface area (Å²) in [7, 11) is 1.50. The number of rotatable bonds is 6. The molecule has 102 valence electrons. The number of ether oxygens (including phenoxy) is 2. The number of carbonyl (C=O) groups is 3. The highest BCUT2D eigenvalue weighted by molar-refractivity contribution is 5.91. The first-order chi connectivity index (χ1) is 8.56. The highest BCUT2D eigenvalue weighted by Crippen LogP contribution is 2.05. The van der Waals surface area contributed by atoms with Gasteiger partial charge in [-0.2, -0.15) is 0 Å². The van der Waals surface area contributed by atoms with Gasteiger partial charge < -0.3 is 24.8 Å². The van der Waals surface area contributed by atoms with E-state index in [2.05, 4.69) is 5.32 Å². The molecule has 1 rings (SSSR count). The predicted molar refractivity (Wildman–Crippen MR) is 58.8 cm³/mol. The third-order valence-electron chi connectivity index (χ3n) is 2.45. The first kappa shape index (κ1) is 14.4. The molecule has 1 heterocycles. The lowest BCUT2D eigenvalue weighted by molar-refractivity contribution is -0.156. The minimum atomic E-state index is -1.15. The molecule has 1 aliphatic rings. The molecule has 0 bridgehead atoms. The molecule has 8 heteroatoms. The Morgan fingerprint density at radius 3 is 2.83 bits per heavy atom. The van der Waals surface area contributed by atoms with Crippen molar-refractivity contribution in [1.82, 2.24) is 10.2 Å². The molecule has 1 saturated heterocycles. The monoisotopic (exact) mass is 260 g/mol. The molecule has 0 spiro atoms. The minimum Gasteiger partial charge on any atom is -0.480 e. The topological polar surface area (TPSA) is 105 Å². The number of hydrogen-bond donors (Lipinski definition) is 2. The van der Waals surface area contributed by atoms with Crippen LogP contribution in [0.3, 0.4) is 0 Å². The van der Waals surface area contributed by atoms with Crippen LogP contribution >= 0.6 is 0 Å². The van der Waals surface area contributed by atoms with E-state index in [-0.39, 0.29) is 32.2 Å². The molecule has 1 fully saturated rings. The molecule has 0 aromatic heterocycles. The van der Waals surface area contributed by atoms with Crippen molar-refractivity contribution in [3.8, 4) is 0 Å². The molecule has 18 heavy (non-hydrogen) atoms. The quantitative estimate of drug-likeness (QED) is 0.538. The van der Waals surface area contributed by atoms with Crippen LogP contribution in [0.2, 0.25) is 0 Å². The fourth-order valence-electron chi connectivity index (χ4n) is 1.51. The fourth-order valence-corrected chi connectivity index (χ4v) is 1.51. The molecule has 2 N–H and O–H groups in total. The van der Waals surface area contributed by atoms with Gasteiger partial charge in [-0.1, -0.05) is 0 Å². The van der Waals surface area contributed by atoms with E-state index in [1.54, 1.807) is 0 Å². The van der Waals surface area contributed by atoms with Crippen LogP contribution in [-0.4, -0.2) is 73.9 Å². The van der Waals surface area contributed by atoms with E-state index >= 15 is 0 Å². The van der Waals surface area contributed by atoms with E-state index in [4.69, 9.17) is 14.6 Å². The summed E-state index contributed by atoms with van der Waals surface area (Å²) >= 11 is 0. The van der Waals surface area contributed by atoms with Gasteiger partial charge >= 0.3 is 5.97 Å². The van der Waals surface area contributed by atoms with Gasteiger partial charge in [-0.15, -0.1) is 0 Å². The molecule has 1 aliphatic heterocycles. The van der Waals surface area contributed by atoms with Gasteiger partial charge in [-0.25, -0.2) is 4.79 Å². The number of carboxylic acid groups (broad SMARTS) is 1. The fraction of sp³-hybridized carbons (Fsp3) is 0.700. The van der Waals surface area contributed by atoms with E-state index in [0.717, 1.165) is 4.90 Å². The van der Waals surface area contributed by atoms with Crippen molar-refractivity contribution in [2.24, 2.45) is 0 Å². The molecular weight excluding hydrogens is 244 g/mol. The highest BCUT2D eigenvalue weighted by Gasteiger charge is 2.34. The second kappa shape index (κ2) is 6.92. The number of carboxylic acids is 1. The number of amides is 2. The Hall–Kier alpha value is -1.67. The van der Waals surface area contributed by atoms with Crippen molar-refractivity contribution < 1.29 is 29.0 Å². The molecule has 1 atom stereocenters. The van der Waals surface area contributed by atoms with Crippen LogP contribution in [0.1, 0.15) is 0 Å². The summed E-state index contributed by atoms with van der Waals surface area (Å²) in [6.45, 7) is -0.0298. The molecule has 2 amide bonds. The van der Waals surface area contributed by atoms with Crippen LogP contribution < -0.4 is 5.32 Å². The minimum absolute atomic E-state index is 0.0853. The van der Waals surface area contributed by atoms with Gasteiger partial charge in [-0.3, -0.25) is 9.59 Å². The van der Waals surface area contributed by atoms with Gasteiger partial charge in [0.25, 0.3) is 0 Å². The van der Waals surface area contributed by atoms with Crippen LogP contribution in [0.5, 0.6) is 0 Å². The normalized spacial score (nSPS) is 19.5. The molecule has 0 radical (unpaired) electrons. The third kappa shape index (κ3) is 3.97. The number of hydrogen-bond acceptors (Lipinski definition) is 5. The average Bonchev–Trinajstić information content (AvgIpc) is 2.34. The van der Waals surface area contributed by atoms with Crippen LogP contribution in [0.15, 0.2) is 0 Å². The molecular formula is C10H16N2O6. The number of carbonyl (C=O) groups excluding carboxylic acids is 2. The summed E-state index contributed by atoms with van der Waals surface area (Å²) in [5, 5.41) is 11.3. The Labute approximate surface area is 104 Å². The number of aliphatic carboxylic acids is 1. The smallest absolute Gasteiger partial charge is 0.328 e. The second-order valence-corrected chi connectivity index (χ2v) is 3.73. The highest BCUT2D eigenvalue weighted by atomic mass is 16.5. The zero-order chi connectivity index (χ0) is 13.5. The van der Waals surface area contributed by atoms with Gasteiger partial charge in [-0.05, 0) is 0 Å². The summed E-state index contributed by atoms with van der Waals surface area (Å²) in [6.07, 6.45) is 0. The Morgan fingerprint density at radius 2 is 2.22 bits per heavy atom. The van der Waals surface area contributed by atoms with Crippen LogP contribution in [0.4, 0.5) is 0 Å². The Morgan fingerprint density at radius 1 is 1.50 bits per heavy atom. The first-order valence-electron chi connectivity index (χ1n) is 5.42. The van der Waals surface area contributed by atoms with Crippen molar-refractivity contribution in [2.75, 3.05) is 40.0 Å². The maximum absolute atomic E-state index is 11.7. The lowest BCUT2D eigenvalue weighted by Crippen LogP contribution is -2.60. The first-order valence-corrected chi connectivity index (χ1v) is 5.42. The Balaban J connectivity index is 2.50. The van der Waals surface area contributed by atoms with Crippen molar-refractivity contribution in [3.63, 3.8) is 0 Å². The Bertz CT molecular complexity index is 332. The number of nitrogens with zero attached hydrogens (tertiary/aromatic N) is 1. The predicted octanol–water partition coefficient (Wildman–Crippen LogP) is -1.94.